The van der Waals surface area contributed by atoms with Crippen molar-refractivity contribution in [1.82, 2.24) is 9.97 Å². The summed E-state index contributed by atoms with van der Waals surface area (Å²) in [6, 6.07) is 0. The first kappa shape index (κ1) is 13.0. The van der Waals surface area contributed by atoms with E-state index in [-0.39, 0.29) is 5.91 Å². The minimum atomic E-state index is -0.207. The Morgan fingerprint density at radius 1 is 1.44 bits per heavy atom. The molecule has 2 heterocycles. The fraction of sp³-hybridized carbons (Fsp3) is 0.500. The molecule has 1 aliphatic heterocycles. The molecule has 8 heteroatoms. The van der Waals surface area contributed by atoms with E-state index in [0.29, 0.717) is 48.4 Å². The summed E-state index contributed by atoms with van der Waals surface area (Å²) < 4.78 is 5.76. The zero-order valence-electron chi connectivity index (χ0n) is 9.94. The lowest BCUT2D eigenvalue weighted by molar-refractivity contribution is -0.114. The number of anilines is 3. The van der Waals surface area contributed by atoms with Crippen molar-refractivity contribution < 1.29 is 9.53 Å². The van der Waals surface area contributed by atoms with Gasteiger partial charge in [0.25, 0.3) is 0 Å². The van der Waals surface area contributed by atoms with E-state index in [0.717, 1.165) is 0 Å². The zero-order valence-corrected chi connectivity index (χ0v) is 11.5. The molecule has 7 nitrogen and oxygen atoms in total. The maximum absolute atomic E-state index is 11.1. The lowest BCUT2D eigenvalue weighted by atomic mass is 10.4. The number of hydrogen-bond donors (Lipinski definition) is 2. The van der Waals surface area contributed by atoms with E-state index >= 15 is 0 Å². The van der Waals surface area contributed by atoms with Gasteiger partial charge in [-0.05, 0) is 15.9 Å². The van der Waals surface area contributed by atoms with Crippen molar-refractivity contribution in [2.24, 2.45) is 0 Å². The molecule has 0 atom stereocenters. The first-order chi connectivity index (χ1) is 8.58. The van der Waals surface area contributed by atoms with Crippen molar-refractivity contribution >= 4 is 39.4 Å². The van der Waals surface area contributed by atoms with Crippen LogP contribution in [0, 0.1) is 0 Å². The Morgan fingerprint density at radius 2 is 2.11 bits per heavy atom. The van der Waals surface area contributed by atoms with Crippen LogP contribution in [0.1, 0.15) is 6.92 Å². The van der Waals surface area contributed by atoms with Gasteiger partial charge in [-0.25, -0.2) is 0 Å². The monoisotopic (exact) mass is 315 g/mol. The number of ether oxygens (including phenoxy) is 1. The Labute approximate surface area is 113 Å². The van der Waals surface area contributed by atoms with Crippen LogP contribution in [0.25, 0.3) is 0 Å². The van der Waals surface area contributed by atoms with Gasteiger partial charge in [0.1, 0.15) is 10.3 Å². The first-order valence-corrected chi connectivity index (χ1v) is 6.30. The molecule has 0 radical (unpaired) electrons. The molecule has 3 N–H and O–H groups in total. The second kappa shape index (κ2) is 5.49. The lowest BCUT2D eigenvalue weighted by Gasteiger charge is -2.27. The Balaban J connectivity index is 2.30. The Bertz CT molecular complexity index is 462. The predicted octanol–water partition coefficient (Wildman–Crippen LogP) is 0.616. The highest BCUT2D eigenvalue weighted by Gasteiger charge is 2.18. The third-order valence-corrected chi connectivity index (χ3v) is 3.24. The Morgan fingerprint density at radius 3 is 2.72 bits per heavy atom. The second-order valence-corrected chi connectivity index (χ2v) is 4.65. The molecule has 0 bridgehead atoms. The molecular formula is C10H14BrN5O2. The highest BCUT2D eigenvalue weighted by atomic mass is 79.9. The number of amides is 1. The SMILES string of the molecule is CC(=O)Nc1nc(N2CCOCC2)nc(N)c1Br. The lowest BCUT2D eigenvalue weighted by Crippen LogP contribution is -2.37. The van der Waals surface area contributed by atoms with Gasteiger partial charge in [0.05, 0.1) is 13.2 Å². The largest absolute Gasteiger partial charge is 0.383 e. The first-order valence-electron chi connectivity index (χ1n) is 5.51. The molecular weight excluding hydrogens is 302 g/mol. The van der Waals surface area contributed by atoms with Gasteiger partial charge in [-0.15, -0.1) is 0 Å². The third kappa shape index (κ3) is 2.88. The molecule has 0 aliphatic carbocycles. The van der Waals surface area contributed by atoms with E-state index in [2.05, 4.69) is 31.2 Å². The van der Waals surface area contributed by atoms with E-state index in [1.54, 1.807) is 0 Å². The molecule has 1 fully saturated rings. The quantitative estimate of drug-likeness (QED) is 0.831. The standard InChI is InChI=1S/C10H14BrN5O2/c1-6(17)13-9-7(11)8(12)14-10(15-9)16-2-4-18-5-3-16/h2-5H2,1H3,(H3,12,13,14,15,17). The fourth-order valence-electron chi connectivity index (χ4n) is 1.61. The number of nitrogens with zero attached hydrogens (tertiary/aromatic N) is 3. The summed E-state index contributed by atoms with van der Waals surface area (Å²) in [4.78, 5) is 21.6. The minimum absolute atomic E-state index is 0.207. The highest BCUT2D eigenvalue weighted by Crippen LogP contribution is 2.28. The molecule has 0 spiro atoms. The van der Waals surface area contributed by atoms with Crippen molar-refractivity contribution in [3.05, 3.63) is 4.47 Å². The van der Waals surface area contributed by atoms with Crippen LogP contribution in [0.5, 0.6) is 0 Å². The molecule has 0 aromatic carbocycles. The minimum Gasteiger partial charge on any atom is -0.383 e. The molecule has 1 saturated heterocycles. The van der Waals surface area contributed by atoms with Crippen LogP contribution < -0.4 is 16.0 Å². The fourth-order valence-corrected chi connectivity index (χ4v) is 1.88. The molecule has 18 heavy (non-hydrogen) atoms. The van der Waals surface area contributed by atoms with Gasteiger partial charge in [-0.1, -0.05) is 0 Å². The summed E-state index contributed by atoms with van der Waals surface area (Å²) in [6.45, 7) is 4.10. The topological polar surface area (TPSA) is 93.4 Å². The van der Waals surface area contributed by atoms with E-state index in [4.69, 9.17) is 10.5 Å². The van der Waals surface area contributed by atoms with Crippen LogP contribution in [0.15, 0.2) is 4.47 Å². The maximum Gasteiger partial charge on any atom is 0.229 e. The summed E-state index contributed by atoms with van der Waals surface area (Å²) in [6.07, 6.45) is 0. The predicted molar refractivity (Wildman–Crippen MR) is 71.5 cm³/mol. The van der Waals surface area contributed by atoms with Crippen molar-refractivity contribution in [1.29, 1.82) is 0 Å². The van der Waals surface area contributed by atoms with E-state index in [1.165, 1.54) is 6.92 Å². The smallest absolute Gasteiger partial charge is 0.229 e. The van der Waals surface area contributed by atoms with E-state index in [1.807, 2.05) is 4.90 Å². The van der Waals surface area contributed by atoms with Crippen LogP contribution >= 0.6 is 15.9 Å². The summed E-state index contributed by atoms with van der Waals surface area (Å²) in [7, 11) is 0. The van der Waals surface area contributed by atoms with Gasteiger partial charge in [-0.3, -0.25) is 4.79 Å². The van der Waals surface area contributed by atoms with Crippen LogP contribution in [-0.4, -0.2) is 42.2 Å². The number of carbonyl (C=O) groups is 1. The van der Waals surface area contributed by atoms with Gasteiger partial charge in [0.15, 0.2) is 5.82 Å². The number of rotatable bonds is 2. The number of nitrogens with one attached hydrogen (secondary N) is 1. The van der Waals surface area contributed by atoms with Crippen LogP contribution in [0.3, 0.4) is 0 Å². The second-order valence-electron chi connectivity index (χ2n) is 3.85. The molecule has 1 aromatic heterocycles. The molecule has 0 unspecified atom stereocenters. The summed E-state index contributed by atoms with van der Waals surface area (Å²) in [5.41, 5.74) is 5.80. The molecule has 1 amide bonds. The number of halogens is 1. The van der Waals surface area contributed by atoms with Gasteiger partial charge in [0.2, 0.25) is 11.9 Å². The van der Waals surface area contributed by atoms with Gasteiger partial charge < -0.3 is 20.7 Å². The van der Waals surface area contributed by atoms with Crippen molar-refractivity contribution in [3.8, 4) is 0 Å². The maximum atomic E-state index is 11.1. The summed E-state index contributed by atoms with van der Waals surface area (Å²) in [5, 5.41) is 2.62. The number of morpholine rings is 1. The van der Waals surface area contributed by atoms with Gasteiger partial charge in [0, 0.05) is 20.0 Å². The third-order valence-electron chi connectivity index (χ3n) is 2.45. The number of aromatic nitrogens is 2. The van der Waals surface area contributed by atoms with Crippen LogP contribution in [0.4, 0.5) is 17.6 Å². The van der Waals surface area contributed by atoms with E-state index < -0.39 is 0 Å². The van der Waals surface area contributed by atoms with Crippen LogP contribution in [0.2, 0.25) is 0 Å². The van der Waals surface area contributed by atoms with Crippen molar-refractivity contribution in [2.45, 2.75) is 6.92 Å². The van der Waals surface area contributed by atoms with Crippen molar-refractivity contribution in [2.75, 3.05) is 42.3 Å². The average molecular weight is 316 g/mol. The average Bonchev–Trinajstić information content (AvgIpc) is 2.35. The molecule has 0 saturated carbocycles. The molecule has 1 aromatic rings. The Kier molecular flexibility index (Phi) is 3.97. The number of nitrogens with two attached hydrogens (primary N) is 1. The summed E-state index contributed by atoms with van der Waals surface area (Å²) in [5.74, 6) is 0.983. The Hall–Kier alpha value is -1.41. The molecule has 1 aliphatic rings. The highest BCUT2D eigenvalue weighted by molar-refractivity contribution is 9.10. The van der Waals surface area contributed by atoms with Crippen LogP contribution in [-0.2, 0) is 9.53 Å². The normalized spacial score (nSPS) is 15.6. The van der Waals surface area contributed by atoms with Gasteiger partial charge in [-0.2, -0.15) is 9.97 Å². The number of carbonyl (C=O) groups excluding carboxylic acids is 1. The number of hydrogen-bond acceptors (Lipinski definition) is 6. The zero-order chi connectivity index (χ0) is 13.1. The molecule has 2 rings (SSSR count). The number of nitrogen functional groups attached to an aromatic ring is 1. The van der Waals surface area contributed by atoms with E-state index in [9.17, 15) is 4.79 Å². The summed E-state index contributed by atoms with van der Waals surface area (Å²) >= 11 is 3.26. The van der Waals surface area contributed by atoms with Crippen molar-refractivity contribution in [3.63, 3.8) is 0 Å². The molecule has 98 valence electrons. The van der Waals surface area contributed by atoms with Gasteiger partial charge >= 0.3 is 0 Å².